The molecule has 6 nitrogen and oxygen atoms in total. The molecule has 25 heavy (non-hydrogen) atoms. The number of hydrogen-bond acceptors (Lipinski definition) is 7. The second kappa shape index (κ2) is 6.45. The molecule has 1 aromatic carbocycles. The van der Waals surface area contributed by atoms with E-state index in [9.17, 15) is 9.18 Å². The maximum atomic E-state index is 14.1. The van der Waals surface area contributed by atoms with Gasteiger partial charge in [-0.1, -0.05) is 0 Å². The van der Waals surface area contributed by atoms with E-state index in [4.69, 9.17) is 14.7 Å². The minimum absolute atomic E-state index is 0.0661. The number of benzene rings is 1. The van der Waals surface area contributed by atoms with Gasteiger partial charge in [-0.2, -0.15) is 10.2 Å². The third kappa shape index (κ3) is 3.02. The van der Waals surface area contributed by atoms with E-state index in [-0.39, 0.29) is 17.2 Å². The minimum atomic E-state index is -0.676. The lowest BCUT2D eigenvalue weighted by atomic mass is 10.2. The molecule has 0 spiro atoms. The van der Waals surface area contributed by atoms with Gasteiger partial charge in [-0.25, -0.2) is 14.2 Å². The van der Waals surface area contributed by atoms with Crippen LogP contribution in [0.25, 0.3) is 10.2 Å². The van der Waals surface area contributed by atoms with Crippen LogP contribution in [0.2, 0.25) is 0 Å². The first-order chi connectivity index (χ1) is 11.9. The SMILES string of the molecule is COC(=O)c1sc2nc(C)nc(Oc3ccc(C#N)cc3F)c2c1C. The highest BCUT2D eigenvalue weighted by Gasteiger charge is 2.22. The van der Waals surface area contributed by atoms with Gasteiger partial charge in [-0.05, 0) is 37.6 Å². The Labute approximate surface area is 146 Å². The molecule has 0 bridgehead atoms. The summed E-state index contributed by atoms with van der Waals surface area (Å²) in [5.74, 6) is -0.647. The molecule has 2 heterocycles. The van der Waals surface area contributed by atoms with Crippen molar-refractivity contribution in [1.29, 1.82) is 5.26 Å². The summed E-state index contributed by atoms with van der Waals surface area (Å²) in [6.45, 7) is 3.40. The number of carbonyl (C=O) groups excluding carboxylic acids is 1. The Kier molecular flexibility index (Phi) is 4.33. The molecule has 8 heteroatoms. The molecule has 0 saturated carbocycles. The smallest absolute Gasteiger partial charge is 0.348 e. The summed E-state index contributed by atoms with van der Waals surface area (Å²) in [5, 5.41) is 9.34. The van der Waals surface area contributed by atoms with Crippen LogP contribution >= 0.6 is 11.3 Å². The van der Waals surface area contributed by atoms with Crippen molar-refractivity contribution in [3.63, 3.8) is 0 Å². The van der Waals surface area contributed by atoms with Crippen molar-refractivity contribution < 1.29 is 18.7 Å². The van der Waals surface area contributed by atoms with E-state index >= 15 is 0 Å². The maximum absolute atomic E-state index is 14.1. The Bertz CT molecular complexity index is 1040. The van der Waals surface area contributed by atoms with Crippen LogP contribution in [-0.4, -0.2) is 23.0 Å². The average molecular weight is 357 g/mol. The third-order valence-corrected chi connectivity index (χ3v) is 4.67. The number of aromatic nitrogens is 2. The number of nitrogens with zero attached hydrogens (tertiary/aromatic N) is 3. The summed E-state index contributed by atoms with van der Waals surface area (Å²) < 4.78 is 24.5. The van der Waals surface area contributed by atoms with Gasteiger partial charge in [-0.3, -0.25) is 0 Å². The molecular formula is C17H12FN3O3S. The zero-order valence-corrected chi connectivity index (χ0v) is 14.4. The lowest BCUT2D eigenvalue weighted by Gasteiger charge is -2.08. The number of ether oxygens (including phenoxy) is 2. The highest BCUT2D eigenvalue weighted by molar-refractivity contribution is 7.20. The monoisotopic (exact) mass is 357 g/mol. The van der Waals surface area contributed by atoms with Crippen LogP contribution in [-0.2, 0) is 4.74 Å². The first-order valence-electron chi connectivity index (χ1n) is 7.18. The van der Waals surface area contributed by atoms with E-state index in [1.54, 1.807) is 13.8 Å². The highest BCUT2D eigenvalue weighted by Crippen LogP contribution is 2.37. The lowest BCUT2D eigenvalue weighted by Crippen LogP contribution is -2.00. The lowest BCUT2D eigenvalue weighted by molar-refractivity contribution is 0.0605. The number of esters is 1. The third-order valence-electron chi connectivity index (χ3n) is 3.51. The predicted octanol–water partition coefficient (Wildman–Crippen LogP) is 3.90. The number of halogens is 1. The molecule has 0 unspecified atom stereocenters. The Morgan fingerprint density at radius 2 is 2.08 bits per heavy atom. The highest BCUT2D eigenvalue weighted by atomic mass is 32.1. The molecule has 0 aliphatic rings. The fourth-order valence-electron chi connectivity index (χ4n) is 2.32. The van der Waals surface area contributed by atoms with Crippen molar-refractivity contribution in [2.45, 2.75) is 13.8 Å². The van der Waals surface area contributed by atoms with Gasteiger partial charge in [-0.15, -0.1) is 11.3 Å². The molecule has 0 aliphatic heterocycles. The molecule has 0 aliphatic carbocycles. The molecule has 0 atom stereocenters. The van der Waals surface area contributed by atoms with Gasteiger partial charge >= 0.3 is 5.97 Å². The van der Waals surface area contributed by atoms with Crippen molar-refractivity contribution in [1.82, 2.24) is 9.97 Å². The molecule has 0 fully saturated rings. The number of methoxy groups -OCH3 is 1. The number of aryl methyl sites for hydroxylation is 2. The van der Waals surface area contributed by atoms with Crippen molar-refractivity contribution >= 4 is 27.5 Å². The standard InChI is InChI=1S/C17H12FN3O3S/c1-8-13-15(24-12-5-4-10(7-19)6-11(12)18)20-9(2)21-16(13)25-14(8)17(22)23-3/h4-6H,1-3H3. The summed E-state index contributed by atoms with van der Waals surface area (Å²) in [6.07, 6.45) is 0. The molecule has 0 amide bonds. The predicted molar refractivity (Wildman–Crippen MR) is 89.4 cm³/mol. The second-order valence-electron chi connectivity index (χ2n) is 5.16. The first-order valence-corrected chi connectivity index (χ1v) is 7.99. The van der Waals surface area contributed by atoms with E-state index < -0.39 is 11.8 Å². The zero-order valence-electron chi connectivity index (χ0n) is 13.6. The van der Waals surface area contributed by atoms with Crippen LogP contribution in [0.3, 0.4) is 0 Å². The van der Waals surface area contributed by atoms with Crippen molar-refractivity contribution in [3.8, 4) is 17.7 Å². The summed E-state index contributed by atoms with van der Waals surface area (Å²) in [4.78, 5) is 21.4. The number of carbonyl (C=O) groups is 1. The maximum Gasteiger partial charge on any atom is 0.348 e. The molecule has 0 radical (unpaired) electrons. The quantitative estimate of drug-likeness (QED) is 0.661. The Hall–Kier alpha value is -3.05. The minimum Gasteiger partial charge on any atom is -0.465 e. The van der Waals surface area contributed by atoms with E-state index in [0.29, 0.717) is 26.5 Å². The van der Waals surface area contributed by atoms with Crippen molar-refractivity contribution in [3.05, 3.63) is 45.8 Å². The Balaban J connectivity index is 2.14. The topological polar surface area (TPSA) is 85.1 Å². The fraction of sp³-hybridized carbons (Fsp3) is 0.176. The number of nitriles is 1. The number of fused-ring (bicyclic) bond motifs is 1. The molecule has 126 valence electrons. The first kappa shape index (κ1) is 16.8. The van der Waals surface area contributed by atoms with Crippen molar-refractivity contribution in [2.75, 3.05) is 7.11 Å². The van der Waals surface area contributed by atoms with Gasteiger partial charge in [0.15, 0.2) is 11.6 Å². The summed E-state index contributed by atoms with van der Waals surface area (Å²) in [5.41, 5.74) is 0.796. The zero-order chi connectivity index (χ0) is 18.1. The van der Waals surface area contributed by atoms with Crippen LogP contribution in [0.15, 0.2) is 18.2 Å². The number of thiophene rings is 1. The van der Waals surface area contributed by atoms with Gasteiger partial charge in [0.1, 0.15) is 15.5 Å². The van der Waals surface area contributed by atoms with Crippen molar-refractivity contribution in [2.24, 2.45) is 0 Å². The molecule has 3 rings (SSSR count). The van der Waals surface area contributed by atoms with Gasteiger partial charge in [0.25, 0.3) is 0 Å². The number of hydrogen-bond donors (Lipinski definition) is 0. The Morgan fingerprint density at radius 3 is 2.72 bits per heavy atom. The van der Waals surface area contributed by atoms with E-state index in [2.05, 4.69) is 9.97 Å². The Morgan fingerprint density at radius 1 is 1.32 bits per heavy atom. The van der Waals surface area contributed by atoms with Crippen LogP contribution < -0.4 is 4.74 Å². The van der Waals surface area contributed by atoms with Gasteiger partial charge in [0.05, 0.1) is 24.1 Å². The van der Waals surface area contributed by atoms with Gasteiger partial charge in [0.2, 0.25) is 5.88 Å². The van der Waals surface area contributed by atoms with Crippen LogP contribution in [0, 0.1) is 31.0 Å². The summed E-state index contributed by atoms with van der Waals surface area (Å²) in [7, 11) is 1.30. The van der Waals surface area contributed by atoms with E-state index in [0.717, 1.165) is 17.4 Å². The van der Waals surface area contributed by atoms with Crippen LogP contribution in [0.5, 0.6) is 11.6 Å². The molecular weight excluding hydrogens is 345 g/mol. The molecule has 2 aromatic heterocycles. The normalized spacial score (nSPS) is 10.5. The van der Waals surface area contributed by atoms with Crippen LogP contribution in [0.4, 0.5) is 4.39 Å². The largest absolute Gasteiger partial charge is 0.465 e. The average Bonchev–Trinajstić information content (AvgIpc) is 2.92. The molecule has 0 saturated heterocycles. The van der Waals surface area contributed by atoms with Crippen LogP contribution in [0.1, 0.15) is 26.6 Å². The van der Waals surface area contributed by atoms with E-state index in [1.807, 2.05) is 6.07 Å². The summed E-state index contributed by atoms with van der Waals surface area (Å²) >= 11 is 1.16. The van der Waals surface area contributed by atoms with E-state index in [1.165, 1.54) is 19.2 Å². The second-order valence-corrected chi connectivity index (χ2v) is 6.16. The molecule has 0 N–H and O–H groups in total. The fourth-order valence-corrected chi connectivity index (χ4v) is 3.46. The molecule has 3 aromatic rings. The van der Waals surface area contributed by atoms with Gasteiger partial charge in [0, 0.05) is 0 Å². The number of rotatable bonds is 3. The van der Waals surface area contributed by atoms with Gasteiger partial charge < -0.3 is 9.47 Å². The summed E-state index contributed by atoms with van der Waals surface area (Å²) in [6, 6.07) is 5.75.